The molecule has 2 aliphatic heterocycles. The topological polar surface area (TPSA) is 49.9 Å². The first-order valence-corrected chi connectivity index (χ1v) is 9.90. The Balaban J connectivity index is 1.54. The van der Waals surface area contributed by atoms with E-state index in [0.717, 1.165) is 17.7 Å². The van der Waals surface area contributed by atoms with Gasteiger partial charge in [-0.05, 0) is 35.4 Å². The van der Waals surface area contributed by atoms with Crippen LogP contribution in [0.2, 0.25) is 0 Å². The molecule has 3 atom stereocenters. The average molecular weight is 420 g/mol. The zero-order valence-electron chi connectivity index (χ0n) is 16.3. The third-order valence-electron chi connectivity index (χ3n) is 5.69. The van der Waals surface area contributed by atoms with Gasteiger partial charge < -0.3 is 0 Å². The lowest BCUT2D eigenvalue weighted by atomic mass is 9.90. The number of amides is 2. The van der Waals surface area contributed by atoms with Gasteiger partial charge in [0.2, 0.25) is 5.91 Å². The molecule has 2 aliphatic rings. The first-order valence-electron chi connectivity index (χ1n) is 9.90. The van der Waals surface area contributed by atoms with E-state index in [2.05, 4.69) is 0 Å². The standard InChI is InChI=1S/C24H18F2N2O3/c25-18-12-11-16(13-19(18)26)21-20-22(31-28(21)17-9-5-2-6-10-17)24(30)27(23(20)29)14-15-7-3-1-4-8-15/h1-13,20-22H,14H2. The molecule has 0 aromatic heterocycles. The van der Waals surface area contributed by atoms with Crippen molar-refractivity contribution in [1.82, 2.24) is 4.90 Å². The number of imide groups is 1. The molecule has 0 spiro atoms. The Morgan fingerprint density at radius 2 is 1.48 bits per heavy atom. The number of halogens is 2. The number of anilines is 1. The first kappa shape index (κ1) is 19.4. The van der Waals surface area contributed by atoms with E-state index in [1.165, 1.54) is 16.0 Å². The number of fused-ring (bicyclic) bond motifs is 1. The second-order valence-electron chi connectivity index (χ2n) is 7.58. The van der Waals surface area contributed by atoms with Crippen molar-refractivity contribution in [2.75, 3.05) is 5.06 Å². The Kier molecular flexibility index (Phi) is 4.75. The molecule has 0 saturated carbocycles. The molecular formula is C24H18F2N2O3. The molecule has 5 rings (SSSR count). The summed E-state index contributed by atoms with van der Waals surface area (Å²) in [4.78, 5) is 33.6. The minimum Gasteiger partial charge on any atom is -0.275 e. The summed E-state index contributed by atoms with van der Waals surface area (Å²) in [7, 11) is 0. The number of hydrogen-bond acceptors (Lipinski definition) is 4. The van der Waals surface area contributed by atoms with Gasteiger partial charge in [0.25, 0.3) is 5.91 Å². The zero-order valence-corrected chi connectivity index (χ0v) is 16.3. The summed E-state index contributed by atoms with van der Waals surface area (Å²) in [5.41, 5.74) is 1.79. The van der Waals surface area contributed by atoms with Gasteiger partial charge in [-0.25, -0.2) is 13.8 Å². The number of nitrogens with zero attached hydrogens (tertiary/aromatic N) is 2. The maximum Gasteiger partial charge on any atom is 0.262 e. The van der Waals surface area contributed by atoms with E-state index in [1.54, 1.807) is 24.3 Å². The Labute approximate surface area is 177 Å². The van der Waals surface area contributed by atoms with Gasteiger partial charge in [-0.15, -0.1) is 0 Å². The van der Waals surface area contributed by atoms with E-state index in [0.29, 0.717) is 11.3 Å². The van der Waals surface area contributed by atoms with E-state index in [-0.39, 0.29) is 6.54 Å². The lowest BCUT2D eigenvalue weighted by Gasteiger charge is -2.28. The molecule has 156 valence electrons. The number of benzene rings is 3. The smallest absolute Gasteiger partial charge is 0.262 e. The maximum atomic E-state index is 14.0. The largest absolute Gasteiger partial charge is 0.275 e. The second kappa shape index (κ2) is 7.59. The number of likely N-dealkylation sites (tertiary alicyclic amines) is 1. The molecule has 0 N–H and O–H groups in total. The van der Waals surface area contributed by atoms with E-state index in [9.17, 15) is 18.4 Å². The third-order valence-corrected chi connectivity index (χ3v) is 5.69. The number of para-hydroxylation sites is 1. The predicted octanol–water partition coefficient (Wildman–Crippen LogP) is 4.01. The third kappa shape index (κ3) is 3.27. The molecule has 3 aromatic rings. The van der Waals surface area contributed by atoms with E-state index >= 15 is 0 Å². The quantitative estimate of drug-likeness (QED) is 0.599. The van der Waals surface area contributed by atoms with Crippen LogP contribution in [0.4, 0.5) is 14.5 Å². The van der Waals surface area contributed by atoms with E-state index < -0.39 is 41.5 Å². The van der Waals surface area contributed by atoms with Crippen LogP contribution in [-0.2, 0) is 21.0 Å². The minimum absolute atomic E-state index is 0.130. The van der Waals surface area contributed by atoms with Gasteiger partial charge in [0.05, 0.1) is 18.3 Å². The highest BCUT2D eigenvalue weighted by molar-refractivity contribution is 6.07. The normalized spacial score (nSPS) is 22.8. The van der Waals surface area contributed by atoms with Crippen LogP contribution in [0.1, 0.15) is 17.2 Å². The number of rotatable bonds is 4. The van der Waals surface area contributed by atoms with Gasteiger partial charge in [0.15, 0.2) is 17.7 Å². The predicted molar refractivity (Wildman–Crippen MR) is 108 cm³/mol. The molecule has 2 amide bonds. The number of hydroxylamine groups is 1. The highest BCUT2D eigenvalue weighted by atomic mass is 19.2. The van der Waals surface area contributed by atoms with Crippen LogP contribution < -0.4 is 5.06 Å². The SMILES string of the molecule is O=C1C2ON(c3ccccc3)C(c3ccc(F)c(F)c3)C2C(=O)N1Cc1ccccc1. The summed E-state index contributed by atoms with van der Waals surface area (Å²) in [5.74, 6) is -3.71. The zero-order chi connectivity index (χ0) is 21.5. The summed E-state index contributed by atoms with van der Waals surface area (Å²) < 4.78 is 27.6. The van der Waals surface area contributed by atoms with Gasteiger partial charge >= 0.3 is 0 Å². The van der Waals surface area contributed by atoms with Gasteiger partial charge in [-0.3, -0.25) is 19.3 Å². The van der Waals surface area contributed by atoms with Gasteiger partial charge in [-0.2, -0.15) is 0 Å². The molecule has 0 bridgehead atoms. The highest BCUT2D eigenvalue weighted by Gasteiger charge is 2.59. The van der Waals surface area contributed by atoms with Crippen LogP contribution >= 0.6 is 0 Å². The van der Waals surface area contributed by atoms with Crippen LogP contribution in [0.5, 0.6) is 0 Å². The van der Waals surface area contributed by atoms with Crippen LogP contribution in [0.15, 0.2) is 78.9 Å². The number of carbonyl (C=O) groups excluding carboxylic acids is 2. The molecular weight excluding hydrogens is 402 g/mol. The maximum absolute atomic E-state index is 14.0. The molecule has 7 heteroatoms. The second-order valence-corrected chi connectivity index (χ2v) is 7.58. The van der Waals surface area contributed by atoms with Crippen LogP contribution in [0.3, 0.4) is 0 Å². The molecule has 2 saturated heterocycles. The molecule has 0 aliphatic carbocycles. The van der Waals surface area contributed by atoms with Gasteiger partial charge in [0, 0.05) is 0 Å². The van der Waals surface area contributed by atoms with Crippen LogP contribution in [-0.4, -0.2) is 22.8 Å². The van der Waals surface area contributed by atoms with Crippen molar-refractivity contribution in [2.45, 2.75) is 18.7 Å². The van der Waals surface area contributed by atoms with E-state index in [1.807, 2.05) is 36.4 Å². The van der Waals surface area contributed by atoms with Crippen LogP contribution in [0.25, 0.3) is 0 Å². The molecule has 3 unspecified atom stereocenters. The lowest BCUT2D eigenvalue weighted by molar-refractivity contribution is -0.143. The summed E-state index contributed by atoms with van der Waals surface area (Å²) in [6.45, 7) is 0.130. The molecule has 31 heavy (non-hydrogen) atoms. The Morgan fingerprint density at radius 1 is 0.806 bits per heavy atom. The van der Waals surface area contributed by atoms with Crippen molar-refractivity contribution < 1.29 is 23.2 Å². The number of hydrogen-bond donors (Lipinski definition) is 0. The molecule has 5 nitrogen and oxygen atoms in total. The van der Waals surface area contributed by atoms with Gasteiger partial charge in [-0.1, -0.05) is 54.6 Å². The van der Waals surface area contributed by atoms with Crippen molar-refractivity contribution >= 4 is 17.5 Å². The lowest BCUT2D eigenvalue weighted by Crippen LogP contribution is -2.37. The van der Waals surface area contributed by atoms with Crippen molar-refractivity contribution in [1.29, 1.82) is 0 Å². The Morgan fingerprint density at radius 3 is 2.16 bits per heavy atom. The average Bonchev–Trinajstić information content (AvgIpc) is 3.29. The van der Waals surface area contributed by atoms with Crippen molar-refractivity contribution in [2.24, 2.45) is 5.92 Å². The van der Waals surface area contributed by atoms with Gasteiger partial charge in [0.1, 0.15) is 5.92 Å². The fourth-order valence-electron chi connectivity index (χ4n) is 4.23. The first-order chi connectivity index (χ1) is 15.0. The monoisotopic (exact) mass is 420 g/mol. The van der Waals surface area contributed by atoms with Crippen molar-refractivity contribution in [3.05, 3.63) is 102 Å². The fourth-order valence-corrected chi connectivity index (χ4v) is 4.23. The summed E-state index contributed by atoms with van der Waals surface area (Å²) >= 11 is 0. The highest BCUT2D eigenvalue weighted by Crippen LogP contribution is 2.47. The van der Waals surface area contributed by atoms with Crippen molar-refractivity contribution in [3.63, 3.8) is 0 Å². The molecule has 0 radical (unpaired) electrons. The summed E-state index contributed by atoms with van der Waals surface area (Å²) in [5, 5.41) is 1.46. The fraction of sp³-hybridized carbons (Fsp3) is 0.167. The molecule has 2 fully saturated rings. The van der Waals surface area contributed by atoms with Crippen LogP contribution in [0, 0.1) is 17.6 Å². The van der Waals surface area contributed by atoms with E-state index in [4.69, 9.17) is 4.84 Å². The van der Waals surface area contributed by atoms with Crippen molar-refractivity contribution in [3.8, 4) is 0 Å². The molecule has 3 aromatic carbocycles. The number of carbonyl (C=O) groups is 2. The Bertz CT molecular complexity index is 1140. The summed E-state index contributed by atoms with van der Waals surface area (Å²) in [6, 6.07) is 20.8. The Hall–Kier alpha value is -3.58. The summed E-state index contributed by atoms with van der Waals surface area (Å²) in [6.07, 6.45) is -1.03. The molecule has 2 heterocycles. The minimum atomic E-state index is -1.03.